The number of hydrogen-bond acceptors (Lipinski definition) is 3. The average Bonchev–Trinajstić information content (AvgIpc) is 2.77. The third-order valence-corrected chi connectivity index (χ3v) is 7.74. The van der Waals surface area contributed by atoms with E-state index in [1.165, 1.54) is 30.3 Å². The van der Waals surface area contributed by atoms with E-state index in [1.807, 2.05) is 6.26 Å². The second-order valence-electron chi connectivity index (χ2n) is 7.33. The zero-order valence-electron chi connectivity index (χ0n) is 17.8. The molecule has 0 radical (unpaired) electrons. The van der Waals surface area contributed by atoms with Crippen molar-refractivity contribution in [1.29, 1.82) is 0 Å². The first-order chi connectivity index (χ1) is 15.3. The summed E-state index contributed by atoms with van der Waals surface area (Å²) in [6.45, 7) is 1.59. The Morgan fingerprint density at radius 1 is 0.938 bits per heavy atom. The lowest BCUT2D eigenvalue weighted by atomic mass is 9.97. The maximum absolute atomic E-state index is 14.8. The molecule has 0 fully saturated rings. The molecule has 0 saturated carbocycles. The van der Waals surface area contributed by atoms with Crippen molar-refractivity contribution in [3.05, 3.63) is 95.3 Å². The molecule has 0 aliphatic heterocycles. The number of anilines is 1. The van der Waals surface area contributed by atoms with Crippen LogP contribution < -0.4 is 4.31 Å². The molecule has 0 saturated heterocycles. The van der Waals surface area contributed by atoms with Crippen molar-refractivity contribution in [2.24, 2.45) is 0 Å². The van der Waals surface area contributed by atoms with Crippen LogP contribution in [0.2, 0.25) is 0 Å². The van der Waals surface area contributed by atoms with E-state index in [-0.39, 0.29) is 4.90 Å². The van der Waals surface area contributed by atoms with E-state index >= 15 is 0 Å². The Bertz CT molecular complexity index is 1170. The zero-order chi connectivity index (χ0) is 23.3. The first-order valence-electron chi connectivity index (χ1n) is 10.1. The second kappa shape index (κ2) is 10.4. The molecule has 0 heterocycles. The van der Waals surface area contributed by atoms with E-state index in [1.54, 1.807) is 36.9 Å². The minimum atomic E-state index is -4.26. The van der Waals surface area contributed by atoms with Crippen LogP contribution in [-0.2, 0) is 16.4 Å². The topological polar surface area (TPSA) is 37.4 Å². The van der Waals surface area contributed by atoms with E-state index < -0.39 is 39.2 Å². The lowest BCUT2D eigenvalue weighted by Crippen LogP contribution is -2.35. The third-order valence-electron chi connectivity index (χ3n) is 5.15. The molecule has 0 N–H and O–H groups in total. The fourth-order valence-electron chi connectivity index (χ4n) is 3.64. The Balaban J connectivity index is 2.18. The lowest BCUT2D eigenvalue weighted by Gasteiger charge is -2.32. The highest BCUT2D eigenvalue weighted by Gasteiger charge is 2.33. The molecule has 0 amide bonds. The van der Waals surface area contributed by atoms with Gasteiger partial charge in [0.2, 0.25) is 0 Å². The number of rotatable bonds is 9. The quantitative estimate of drug-likeness (QED) is 0.335. The second-order valence-corrected chi connectivity index (χ2v) is 10.1. The highest BCUT2D eigenvalue weighted by Crippen LogP contribution is 2.37. The van der Waals surface area contributed by atoms with E-state index in [0.717, 1.165) is 34.7 Å². The van der Waals surface area contributed by atoms with Crippen molar-refractivity contribution in [1.82, 2.24) is 0 Å². The number of halogens is 3. The largest absolute Gasteiger partial charge is 0.264 e. The Hall–Kier alpha value is -2.45. The van der Waals surface area contributed by atoms with Crippen molar-refractivity contribution in [3.8, 4) is 0 Å². The molecule has 3 rings (SSSR count). The average molecular weight is 480 g/mol. The van der Waals surface area contributed by atoms with Gasteiger partial charge >= 0.3 is 0 Å². The molecule has 0 unspecified atom stereocenters. The summed E-state index contributed by atoms with van der Waals surface area (Å²) in [4.78, 5) is -0.0541. The Morgan fingerprint density at radius 2 is 1.59 bits per heavy atom. The molecule has 0 bridgehead atoms. The number of thioether (sulfide) groups is 1. The molecule has 32 heavy (non-hydrogen) atoms. The van der Waals surface area contributed by atoms with Gasteiger partial charge in [0, 0.05) is 6.07 Å². The minimum Gasteiger partial charge on any atom is -0.256 e. The van der Waals surface area contributed by atoms with Gasteiger partial charge in [0.05, 0.1) is 16.6 Å². The molecule has 170 valence electrons. The van der Waals surface area contributed by atoms with Crippen LogP contribution in [0.1, 0.15) is 30.5 Å². The van der Waals surface area contributed by atoms with Crippen LogP contribution in [0.25, 0.3) is 0 Å². The summed E-state index contributed by atoms with van der Waals surface area (Å²) in [5, 5.41) is 0. The van der Waals surface area contributed by atoms with Crippen molar-refractivity contribution in [3.63, 3.8) is 0 Å². The van der Waals surface area contributed by atoms with E-state index in [2.05, 4.69) is 0 Å². The van der Waals surface area contributed by atoms with Gasteiger partial charge in [0.25, 0.3) is 10.0 Å². The van der Waals surface area contributed by atoms with Gasteiger partial charge in [0.15, 0.2) is 0 Å². The summed E-state index contributed by atoms with van der Waals surface area (Å²) in [6, 6.07) is 13.5. The number of sulfonamides is 1. The van der Waals surface area contributed by atoms with Crippen LogP contribution in [-0.4, -0.2) is 20.4 Å². The van der Waals surface area contributed by atoms with Crippen molar-refractivity contribution in [2.45, 2.75) is 30.7 Å². The van der Waals surface area contributed by atoms with Gasteiger partial charge < -0.3 is 0 Å². The van der Waals surface area contributed by atoms with Gasteiger partial charge in [-0.2, -0.15) is 11.8 Å². The van der Waals surface area contributed by atoms with Crippen LogP contribution in [0.5, 0.6) is 0 Å². The first kappa shape index (κ1) is 24.2. The molecule has 3 aromatic carbocycles. The lowest BCUT2D eigenvalue weighted by molar-refractivity contribution is 0.569. The Kier molecular flexibility index (Phi) is 7.90. The molecule has 3 nitrogen and oxygen atoms in total. The van der Waals surface area contributed by atoms with E-state index in [4.69, 9.17) is 0 Å². The molecular formula is C24H24F3NO2S2. The fourth-order valence-corrected chi connectivity index (χ4v) is 5.73. The van der Waals surface area contributed by atoms with Gasteiger partial charge in [-0.3, -0.25) is 4.31 Å². The van der Waals surface area contributed by atoms with Crippen LogP contribution in [0, 0.1) is 17.5 Å². The highest BCUT2D eigenvalue weighted by molar-refractivity contribution is 7.98. The van der Waals surface area contributed by atoms with Gasteiger partial charge in [-0.1, -0.05) is 24.3 Å². The molecule has 0 aliphatic carbocycles. The molecule has 8 heteroatoms. The van der Waals surface area contributed by atoms with Gasteiger partial charge in [-0.25, -0.2) is 21.6 Å². The summed E-state index contributed by atoms with van der Waals surface area (Å²) in [5.41, 5.74) is 0.771. The molecule has 0 aromatic heterocycles. The number of aryl methyl sites for hydroxylation is 1. The predicted molar refractivity (Wildman–Crippen MR) is 124 cm³/mol. The normalized spacial score (nSPS) is 12.5. The van der Waals surface area contributed by atoms with Crippen LogP contribution in [0.15, 0.2) is 71.6 Å². The standard InChI is InChI=1S/C24H24F3NO2S2/c1-17(22-12-10-19(25)15-18(22)7-6-14-31-2)28(24-16-20(26)11-13-23(24)27)32(29,30)21-8-4-3-5-9-21/h3-5,8-13,15-17H,6-7,14H2,1-2H3/t17-/m1/s1. The maximum atomic E-state index is 14.8. The Labute approximate surface area is 191 Å². The fraction of sp³-hybridized carbons (Fsp3) is 0.250. The molecule has 0 spiro atoms. The summed E-state index contributed by atoms with van der Waals surface area (Å²) in [7, 11) is -4.26. The summed E-state index contributed by atoms with van der Waals surface area (Å²) in [6.07, 6.45) is 3.27. The van der Waals surface area contributed by atoms with Crippen LogP contribution in [0.4, 0.5) is 18.9 Å². The summed E-state index contributed by atoms with van der Waals surface area (Å²) in [5.74, 6) is -1.21. The maximum Gasteiger partial charge on any atom is 0.264 e. The van der Waals surface area contributed by atoms with E-state index in [0.29, 0.717) is 17.5 Å². The molecule has 3 aromatic rings. The van der Waals surface area contributed by atoms with Gasteiger partial charge in [-0.05, 0) is 79.3 Å². The zero-order valence-corrected chi connectivity index (χ0v) is 19.4. The van der Waals surface area contributed by atoms with Crippen LogP contribution >= 0.6 is 11.8 Å². The number of nitrogens with zero attached hydrogens (tertiary/aromatic N) is 1. The monoisotopic (exact) mass is 479 g/mol. The molecule has 0 aliphatic rings. The highest BCUT2D eigenvalue weighted by atomic mass is 32.2. The predicted octanol–water partition coefficient (Wildman–Crippen LogP) is 6.36. The molecule has 1 atom stereocenters. The van der Waals surface area contributed by atoms with Crippen LogP contribution in [0.3, 0.4) is 0 Å². The minimum absolute atomic E-state index is 0.0541. The smallest absolute Gasteiger partial charge is 0.256 e. The summed E-state index contributed by atoms with van der Waals surface area (Å²) >= 11 is 1.66. The number of benzene rings is 3. The Morgan fingerprint density at radius 3 is 2.28 bits per heavy atom. The van der Waals surface area contributed by atoms with Gasteiger partial charge in [0.1, 0.15) is 17.5 Å². The van der Waals surface area contributed by atoms with Crippen molar-refractivity contribution < 1.29 is 21.6 Å². The first-order valence-corrected chi connectivity index (χ1v) is 12.9. The van der Waals surface area contributed by atoms with E-state index in [9.17, 15) is 21.6 Å². The third kappa shape index (κ3) is 5.30. The van der Waals surface area contributed by atoms with Crippen molar-refractivity contribution >= 4 is 27.5 Å². The SMILES string of the molecule is CSCCCc1cc(F)ccc1[C@@H](C)N(c1cc(F)ccc1F)S(=O)(=O)c1ccccc1. The molecular weight excluding hydrogens is 455 g/mol. The number of hydrogen-bond donors (Lipinski definition) is 0. The van der Waals surface area contributed by atoms with Gasteiger partial charge in [-0.15, -0.1) is 0 Å². The van der Waals surface area contributed by atoms with Crippen molar-refractivity contribution in [2.75, 3.05) is 16.3 Å². The summed E-state index contributed by atoms with van der Waals surface area (Å²) < 4.78 is 71.0.